The Morgan fingerprint density at radius 3 is 2.73 bits per heavy atom. The number of likely N-dealkylation sites (tertiary alicyclic amines) is 1. The van der Waals surface area contributed by atoms with Crippen molar-refractivity contribution in [3.8, 4) is 11.5 Å². The molecule has 2 N–H and O–H groups in total. The molecular formula is C23H35FN2O4. The number of aliphatic hydroxyl groups is 1. The number of rotatable bonds is 11. The van der Waals surface area contributed by atoms with Crippen LogP contribution in [0.25, 0.3) is 0 Å². The van der Waals surface area contributed by atoms with Gasteiger partial charge >= 0.3 is 0 Å². The van der Waals surface area contributed by atoms with Crippen molar-refractivity contribution in [1.29, 1.82) is 0 Å². The van der Waals surface area contributed by atoms with Gasteiger partial charge in [0.15, 0.2) is 17.8 Å². The lowest BCUT2D eigenvalue weighted by atomic mass is 10.0. The molecule has 0 aliphatic carbocycles. The Bertz CT molecular complexity index is 687. The molecule has 1 amide bonds. The minimum absolute atomic E-state index is 0.0947. The molecule has 0 aromatic heterocycles. The SMILES string of the molecule is CCCCCCCC(=O)N[C@H](CN1CCC[C@@H]1F)[C@H](O)c1ccc2c(c1)OCCO2. The van der Waals surface area contributed by atoms with Crippen molar-refractivity contribution in [2.45, 2.75) is 76.7 Å². The Morgan fingerprint density at radius 1 is 1.23 bits per heavy atom. The molecule has 0 unspecified atom stereocenters. The van der Waals surface area contributed by atoms with E-state index in [9.17, 15) is 14.3 Å². The van der Waals surface area contributed by atoms with Gasteiger partial charge in [0.1, 0.15) is 19.3 Å². The third-order valence-corrected chi connectivity index (χ3v) is 5.86. The van der Waals surface area contributed by atoms with E-state index in [2.05, 4.69) is 12.2 Å². The van der Waals surface area contributed by atoms with Crippen LogP contribution in [-0.4, -0.2) is 54.6 Å². The maximum absolute atomic E-state index is 14.2. The molecule has 0 saturated carbocycles. The molecule has 3 atom stereocenters. The van der Waals surface area contributed by atoms with Crippen molar-refractivity contribution in [2.75, 3.05) is 26.3 Å². The van der Waals surface area contributed by atoms with E-state index < -0.39 is 18.4 Å². The van der Waals surface area contributed by atoms with Gasteiger partial charge in [-0.1, -0.05) is 38.7 Å². The third-order valence-electron chi connectivity index (χ3n) is 5.86. The molecule has 3 rings (SSSR count). The van der Waals surface area contributed by atoms with Crippen molar-refractivity contribution in [1.82, 2.24) is 10.2 Å². The van der Waals surface area contributed by atoms with Gasteiger partial charge in [-0.3, -0.25) is 9.69 Å². The number of benzene rings is 1. The van der Waals surface area contributed by atoms with Crippen LogP contribution in [0.3, 0.4) is 0 Å². The number of nitrogens with one attached hydrogen (secondary N) is 1. The minimum Gasteiger partial charge on any atom is -0.486 e. The van der Waals surface area contributed by atoms with Crippen LogP contribution in [0, 0.1) is 0 Å². The fraction of sp³-hybridized carbons (Fsp3) is 0.696. The van der Waals surface area contributed by atoms with Gasteiger partial charge < -0.3 is 19.9 Å². The van der Waals surface area contributed by atoms with Gasteiger partial charge in [-0.05, 0) is 37.0 Å². The lowest BCUT2D eigenvalue weighted by molar-refractivity contribution is -0.123. The first-order chi connectivity index (χ1) is 14.6. The van der Waals surface area contributed by atoms with E-state index in [0.717, 1.165) is 32.1 Å². The van der Waals surface area contributed by atoms with Crippen molar-refractivity contribution < 1.29 is 23.8 Å². The summed E-state index contributed by atoms with van der Waals surface area (Å²) in [7, 11) is 0. The van der Waals surface area contributed by atoms with Gasteiger partial charge in [-0.25, -0.2) is 4.39 Å². The van der Waals surface area contributed by atoms with Gasteiger partial charge in [-0.15, -0.1) is 0 Å². The normalized spacial score (nSPS) is 20.7. The average Bonchev–Trinajstić information content (AvgIpc) is 3.16. The van der Waals surface area contributed by atoms with Gasteiger partial charge in [-0.2, -0.15) is 0 Å². The van der Waals surface area contributed by atoms with E-state index in [-0.39, 0.29) is 12.5 Å². The van der Waals surface area contributed by atoms with Crippen molar-refractivity contribution in [3.05, 3.63) is 23.8 Å². The zero-order valence-corrected chi connectivity index (χ0v) is 17.9. The number of nitrogens with zero attached hydrogens (tertiary/aromatic N) is 1. The Morgan fingerprint density at radius 2 is 2.00 bits per heavy atom. The van der Waals surface area contributed by atoms with E-state index in [1.165, 1.54) is 6.42 Å². The molecule has 2 aliphatic rings. The van der Waals surface area contributed by atoms with Crippen LogP contribution in [0.4, 0.5) is 4.39 Å². The maximum Gasteiger partial charge on any atom is 0.220 e. The lowest BCUT2D eigenvalue weighted by Crippen LogP contribution is -2.47. The van der Waals surface area contributed by atoms with Crippen molar-refractivity contribution in [2.24, 2.45) is 0 Å². The molecule has 30 heavy (non-hydrogen) atoms. The standard InChI is InChI=1S/C23H35FN2O4/c1-2-3-4-5-6-9-22(27)25-18(16-26-12-7-8-21(26)24)23(28)17-10-11-19-20(15-17)30-14-13-29-19/h10-11,15,18,21,23,28H,2-9,12-14,16H2,1H3,(H,25,27)/t18-,21-,23-/m1/s1. The van der Waals surface area contributed by atoms with Crippen LogP contribution in [-0.2, 0) is 4.79 Å². The lowest BCUT2D eigenvalue weighted by Gasteiger charge is -2.30. The van der Waals surface area contributed by atoms with Gasteiger partial charge in [0.25, 0.3) is 0 Å². The van der Waals surface area contributed by atoms with Crippen LogP contribution < -0.4 is 14.8 Å². The molecule has 0 radical (unpaired) electrons. The second-order valence-corrected chi connectivity index (χ2v) is 8.26. The number of carbonyl (C=O) groups excluding carboxylic acids is 1. The quantitative estimate of drug-likeness (QED) is 0.420. The van der Waals surface area contributed by atoms with Gasteiger partial charge in [0, 0.05) is 19.5 Å². The summed E-state index contributed by atoms with van der Waals surface area (Å²) >= 11 is 0. The molecule has 6 nitrogen and oxygen atoms in total. The first-order valence-electron chi connectivity index (χ1n) is 11.3. The highest BCUT2D eigenvalue weighted by molar-refractivity contribution is 5.76. The highest BCUT2D eigenvalue weighted by Crippen LogP contribution is 2.34. The van der Waals surface area contributed by atoms with Crippen LogP contribution in [0.5, 0.6) is 11.5 Å². The number of hydrogen-bond donors (Lipinski definition) is 2. The predicted octanol–water partition coefficient (Wildman–Crippen LogP) is 3.73. The summed E-state index contributed by atoms with van der Waals surface area (Å²) in [6, 6.07) is 4.71. The van der Waals surface area contributed by atoms with E-state index >= 15 is 0 Å². The largest absolute Gasteiger partial charge is 0.486 e. The van der Waals surface area contributed by atoms with Gasteiger partial charge in [0.05, 0.1) is 6.04 Å². The molecule has 0 bridgehead atoms. The number of ether oxygens (including phenoxy) is 2. The van der Waals surface area contributed by atoms with Gasteiger partial charge in [0.2, 0.25) is 5.91 Å². The number of amides is 1. The molecule has 1 fully saturated rings. The molecule has 168 valence electrons. The maximum atomic E-state index is 14.2. The molecule has 1 saturated heterocycles. The van der Waals surface area contributed by atoms with Crippen LogP contribution >= 0.6 is 0 Å². The number of unbranched alkanes of at least 4 members (excludes halogenated alkanes) is 4. The number of halogens is 1. The van der Waals surface area contributed by atoms with Crippen LogP contribution in [0.2, 0.25) is 0 Å². The molecule has 7 heteroatoms. The summed E-state index contributed by atoms with van der Waals surface area (Å²) < 4.78 is 25.4. The topological polar surface area (TPSA) is 71.0 Å². The van der Waals surface area contributed by atoms with E-state index in [4.69, 9.17) is 9.47 Å². The molecule has 1 aromatic rings. The molecular weight excluding hydrogens is 387 g/mol. The Hall–Kier alpha value is -1.86. The summed E-state index contributed by atoms with van der Waals surface area (Å²) in [6.07, 6.45) is 5.05. The highest BCUT2D eigenvalue weighted by atomic mass is 19.1. The van der Waals surface area contributed by atoms with Crippen LogP contribution in [0.1, 0.15) is 70.0 Å². The summed E-state index contributed by atoms with van der Waals surface area (Å²) in [5, 5.41) is 14.0. The minimum atomic E-state index is -1.02. The molecule has 2 aliphatic heterocycles. The first-order valence-corrected chi connectivity index (χ1v) is 11.3. The van der Waals surface area contributed by atoms with Crippen molar-refractivity contribution >= 4 is 5.91 Å². The van der Waals surface area contributed by atoms with E-state index in [1.807, 2.05) is 0 Å². The number of hydrogen-bond acceptors (Lipinski definition) is 5. The van der Waals surface area contributed by atoms with E-state index in [1.54, 1.807) is 23.1 Å². The fourth-order valence-corrected chi connectivity index (χ4v) is 4.11. The highest BCUT2D eigenvalue weighted by Gasteiger charge is 2.31. The monoisotopic (exact) mass is 422 g/mol. The summed E-state index contributed by atoms with van der Waals surface area (Å²) in [5.74, 6) is 1.14. The molecule has 2 heterocycles. The van der Waals surface area contributed by atoms with Crippen LogP contribution in [0.15, 0.2) is 18.2 Å². The number of carbonyl (C=O) groups is 1. The smallest absolute Gasteiger partial charge is 0.220 e. The number of aliphatic hydroxyl groups excluding tert-OH is 1. The first kappa shape index (κ1) is 22.8. The Labute approximate surface area is 178 Å². The predicted molar refractivity (Wildman–Crippen MR) is 113 cm³/mol. The Kier molecular flexibility index (Phi) is 8.75. The van der Waals surface area contributed by atoms with E-state index in [0.29, 0.717) is 49.7 Å². The zero-order chi connectivity index (χ0) is 21.3. The molecule has 1 aromatic carbocycles. The second-order valence-electron chi connectivity index (χ2n) is 8.26. The number of fused-ring (bicyclic) bond motifs is 1. The molecule has 0 spiro atoms. The average molecular weight is 423 g/mol. The Balaban J connectivity index is 1.64. The summed E-state index contributed by atoms with van der Waals surface area (Å²) in [5.41, 5.74) is 0.627. The van der Waals surface area contributed by atoms with Crippen molar-refractivity contribution in [3.63, 3.8) is 0 Å². The fourth-order valence-electron chi connectivity index (χ4n) is 4.11. The summed E-state index contributed by atoms with van der Waals surface area (Å²) in [6.45, 7) is 4.03. The third kappa shape index (κ3) is 6.32. The zero-order valence-electron chi connectivity index (χ0n) is 17.9. The summed E-state index contributed by atoms with van der Waals surface area (Å²) in [4.78, 5) is 14.2. The second kappa shape index (κ2) is 11.5. The number of alkyl halides is 1.